The fraction of sp³-hybridized carbons (Fsp3) is 0.458. The van der Waals surface area contributed by atoms with Crippen LogP contribution in [-0.2, 0) is 10.7 Å². The Balaban J connectivity index is 1.43. The van der Waals surface area contributed by atoms with Gasteiger partial charge in [-0.25, -0.2) is 14.8 Å². The highest BCUT2D eigenvalue weighted by molar-refractivity contribution is 6.42. The largest absolute Gasteiger partial charge is 0.444 e. The lowest BCUT2D eigenvalue weighted by atomic mass is 9.71. The van der Waals surface area contributed by atoms with Crippen molar-refractivity contribution in [3.8, 4) is 0 Å². The van der Waals surface area contributed by atoms with Crippen LogP contribution in [0.15, 0.2) is 41.1 Å². The van der Waals surface area contributed by atoms with Gasteiger partial charge in [-0.05, 0) is 39.0 Å². The number of likely N-dealkylation sites (tertiary alicyclic amines) is 1. The summed E-state index contributed by atoms with van der Waals surface area (Å²) in [6.45, 7) is 6.79. The van der Waals surface area contributed by atoms with Crippen molar-refractivity contribution in [2.45, 2.75) is 38.2 Å². The molecule has 0 radical (unpaired) electrons. The van der Waals surface area contributed by atoms with Gasteiger partial charge in [0.15, 0.2) is 0 Å². The van der Waals surface area contributed by atoms with Crippen molar-refractivity contribution in [2.75, 3.05) is 31.1 Å². The van der Waals surface area contributed by atoms with Gasteiger partial charge >= 0.3 is 12.0 Å². The molecule has 0 bridgehead atoms. The lowest BCUT2D eigenvalue weighted by molar-refractivity contribution is 0.0108. The molecule has 2 aromatic heterocycles. The van der Waals surface area contributed by atoms with E-state index in [0.717, 1.165) is 12.1 Å². The number of anilines is 1. The van der Waals surface area contributed by atoms with E-state index in [1.54, 1.807) is 44.1 Å². The number of aromatic nitrogens is 4. The molecule has 4 heterocycles. The SMILES string of the molecule is CC(C)(C)OC(=O)N1CC(c2nnc(C(F)(F)c3ccc(Cl)c(Cl)c3)o2)C2(C1)CN(c1ncccn1)C2. The number of alkyl halides is 2. The smallest absolute Gasteiger partial charge is 0.410 e. The van der Waals surface area contributed by atoms with Crippen LogP contribution in [0.5, 0.6) is 0 Å². The second kappa shape index (κ2) is 9.05. The van der Waals surface area contributed by atoms with Crippen LogP contribution in [0.2, 0.25) is 10.0 Å². The summed E-state index contributed by atoms with van der Waals surface area (Å²) in [6.07, 6.45) is 2.79. The molecule has 1 aromatic carbocycles. The molecule has 0 saturated carbocycles. The molecule has 1 unspecified atom stereocenters. The maximum absolute atomic E-state index is 15.3. The van der Waals surface area contributed by atoms with E-state index in [9.17, 15) is 4.79 Å². The zero-order valence-corrected chi connectivity index (χ0v) is 21.8. The van der Waals surface area contributed by atoms with Crippen LogP contribution >= 0.6 is 23.2 Å². The van der Waals surface area contributed by atoms with Crippen molar-refractivity contribution in [3.05, 3.63) is 64.0 Å². The van der Waals surface area contributed by atoms with Gasteiger partial charge in [-0.15, -0.1) is 10.2 Å². The van der Waals surface area contributed by atoms with Gasteiger partial charge < -0.3 is 19.0 Å². The number of hydrogen-bond donors (Lipinski definition) is 0. The molecule has 1 amide bonds. The lowest BCUT2D eigenvalue weighted by Gasteiger charge is -2.49. The maximum atomic E-state index is 15.3. The monoisotopic (exact) mass is 552 g/mol. The molecule has 2 aliphatic rings. The van der Waals surface area contributed by atoms with E-state index >= 15 is 8.78 Å². The number of carbonyl (C=O) groups is 1. The second-order valence-electron chi connectivity index (χ2n) is 10.3. The van der Waals surface area contributed by atoms with Crippen molar-refractivity contribution < 1.29 is 22.7 Å². The summed E-state index contributed by atoms with van der Waals surface area (Å²) in [5, 5.41) is 7.80. The summed E-state index contributed by atoms with van der Waals surface area (Å²) in [5.41, 5.74) is -1.64. The van der Waals surface area contributed by atoms with Crippen LogP contribution < -0.4 is 4.90 Å². The Labute approximate surface area is 221 Å². The zero-order chi connectivity index (χ0) is 26.6. The Hall–Kier alpha value is -3.05. The molecular weight excluding hydrogens is 529 g/mol. The summed E-state index contributed by atoms with van der Waals surface area (Å²) in [5.74, 6) is -4.39. The number of ether oxygens (including phenoxy) is 1. The van der Waals surface area contributed by atoms with E-state index in [1.165, 1.54) is 6.07 Å². The summed E-state index contributed by atoms with van der Waals surface area (Å²) in [7, 11) is 0. The third-order valence-electron chi connectivity index (χ3n) is 6.44. The van der Waals surface area contributed by atoms with Crippen molar-refractivity contribution in [1.29, 1.82) is 0 Å². The van der Waals surface area contributed by atoms with Crippen LogP contribution in [-0.4, -0.2) is 62.9 Å². The molecule has 196 valence electrons. The standard InChI is InChI=1S/C24H24Cl2F2N6O3/c1-22(2,3)37-21(35)33-10-15(23(11-33)12-34(13-23)20-29-7-4-8-30-20)18-31-32-19(36-18)24(27,28)14-5-6-16(25)17(26)9-14/h4-9,15H,10-13H2,1-3H3. The fourth-order valence-electron chi connectivity index (χ4n) is 4.72. The number of rotatable bonds is 4. The number of benzene rings is 1. The lowest BCUT2D eigenvalue weighted by Crippen LogP contribution is -2.60. The minimum absolute atomic E-state index is 0.0148. The summed E-state index contributed by atoms with van der Waals surface area (Å²) < 4.78 is 41.6. The Morgan fingerprint density at radius 3 is 2.46 bits per heavy atom. The fourth-order valence-corrected chi connectivity index (χ4v) is 5.02. The molecule has 5 rings (SSSR count). The van der Waals surface area contributed by atoms with Crippen LogP contribution in [0.1, 0.15) is 44.0 Å². The Morgan fingerprint density at radius 2 is 1.81 bits per heavy atom. The van der Waals surface area contributed by atoms with Crippen molar-refractivity contribution in [2.24, 2.45) is 5.41 Å². The molecule has 9 nitrogen and oxygen atoms in total. The van der Waals surface area contributed by atoms with E-state index in [1.807, 2.05) is 4.90 Å². The van der Waals surface area contributed by atoms with Gasteiger partial charge in [0.25, 0.3) is 5.89 Å². The highest BCUT2D eigenvalue weighted by atomic mass is 35.5. The molecular formula is C24H24Cl2F2N6O3. The van der Waals surface area contributed by atoms with E-state index in [0.29, 0.717) is 25.6 Å². The van der Waals surface area contributed by atoms with Crippen LogP contribution in [0.3, 0.4) is 0 Å². The molecule has 0 N–H and O–H groups in total. The molecule has 2 aliphatic heterocycles. The van der Waals surface area contributed by atoms with Crippen LogP contribution in [0.25, 0.3) is 0 Å². The number of carbonyl (C=O) groups excluding carboxylic acids is 1. The minimum atomic E-state index is -3.60. The van der Waals surface area contributed by atoms with E-state index in [-0.39, 0.29) is 22.5 Å². The summed E-state index contributed by atoms with van der Waals surface area (Å²) >= 11 is 11.8. The van der Waals surface area contributed by atoms with E-state index < -0.39 is 40.4 Å². The van der Waals surface area contributed by atoms with Gasteiger partial charge in [-0.3, -0.25) is 0 Å². The van der Waals surface area contributed by atoms with Gasteiger partial charge in [-0.1, -0.05) is 29.3 Å². The predicted octanol–water partition coefficient (Wildman–Crippen LogP) is 5.15. The van der Waals surface area contributed by atoms with Crippen LogP contribution in [0.4, 0.5) is 19.5 Å². The molecule has 13 heteroatoms. The first kappa shape index (κ1) is 25.6. The summed E-state index contributed by atoms with van der Waals surface area (Å²) in [6, 6.07) is 5.22. The first-order valence-corrected chi connectivity index (χ1v) is 12.3. The average Bonchev–Trinajstić information content (AvgIpc) is 3.45. The third-order valence-corrected chi connectivity index (χ3v) is 7.17. The van der Waals surface area contributed by atoms with Gasteiger partial charge in [0.05, 0.1) is 16.0 Å². The number of nitrogens with zero attached hydrogens (tertiary/aromatic N) is 6. The van der Waals surface area contributed by atoms with E-state index in [2.05, 4.69) is 20.2 Å². The normalized spacial score (nSPS) is 19.3. The molecule has 2 saturated heterocycles. The quantitative estimate of drug-likeness (QED) is 0.438. The first-order valence-electron chi connectivity index (χ1n) is 11.6. The second-order valence-corrected chi connectivity index (χ2v) is 11.1. The van der Waals surface area contributed by atoms with Crippen molar-refractivity contribution in [3.63, 3.8) is 0 Å². The van der Waals surface area contributed by atoms with Gasteiger partial charge in [-0.2, -0.15) is 8.78 Å². The number of amides is 1. The topological polar surface area (TPSA) is 97.5 Å². The van der Waals surface area contributed by atoms with Crippen molar-refractivity contribution >= 4 is 35.2 Å². The highest BCUT2D eigenvalue weighted by Gasteiger charge is 2.59. The van der Waals surface area contributed by atoms with Gasteiger partial charge in [0, 0.05) is 49.6 Å². The number of hydrogen-bond acceptors (Lipinski definition) is 8. The molecule has 3 aromatic rings. The van der Waals surface area contributed by atoms with Crippen LogP contribution in [0, 0.1) is 5.41 Å². The zero-order valence-electron chi connectivity index (χ0n) is 20.3. The molecule has 0 aliphatic carbocycles. The van der Waals surface area contributed by atoms with Gasteiger partial charge in [0.1, 0.15) is 5.60 Å². The Kier molecular flexibility index (Phi) is 6.26. The first-order chi connectivity index (χ1) is 17.4. The maximum Gasteiger partial charge on any atom is 0.410 e. The van der Waals surface area contributed by atoms with Crippen molar-refractivity contribution in [1.82, 2.24) is 25.1 Å². The number of halogens is 4. The van der Waals surface area contributed by atoms with E-state index in [4.69, 9.17) is 32.4 Å². The molecule has 1 spiro atoms. The molecule has 2 fully saturated rings. The highest BCUT2D eigenvalue weighted by Crippen LogP contribution is 2.50. The third kappa shape index (κ3) is 4.82. The average molecular weight is 553 g/mol. The predicted molar refractivity (Wildman–Crippen MR) is 131 cm³/mol. The Morgan fingerprint density at radius 1 is 1.11 bits per heavy atom. The molecule has 1 atom stereocenters. The summed E-state index contributed by atoms with van der Waals surface area (Å²) in [4.78, 5) is 24.9. The minimum Gasteiger partial charge on any atom is -0.444 e. The Bertz CT molecular complexity index is 1310. The van der Waals surface area contributed by atoms with Gasteiger partial charge in [0.2, 0.25) is 11.8 Å². The molecule has 37 heavy (non-hydrogen) atoms.